The molecule has 114 valence electrons. The molecule has 1 spiro atoms. The molecule has 0 aromatic carbocycles. The van der Waals surface area contributed by atoms with Gasteiger partial charge in [-0.15, -0.1) is 0 Å². The van der Waals surface area contributed by atoms with Crippen LogP contribution in [0.5, 0.6) is 0 Å². The molecule has 5 nitrogen and oxygen atoms in total. The average molecular weight is 290 g/mol. The first kappa shape index (κ1) is 14.5. The second kappa shape index (κ2) is 6.12. The molecule has 1 aromatic heterocycles. The smallest absolute Gasteiger partial charge is 0.227 e. The lowest BCUT2D eigenvalue weighted by Crippen LogP contribution is -2.47. The number of carbonyl (C=O) groups is 1. The molecule has 0 N–H and O–H groups in total. The summed E-state index contributed by atoms with van der Waals surface area (Å²) in [5.41, 5.74) is 0.908. The first-order valence-electron chi connectivity index (χ1n) is 7.54. The molecule has 2 saturated heterocycles. The zero-order valence-corrected chi connectivity index (χ0v) is 12.5. The van der Waals surface area contributed by atoms with Crippen LogP contribution in [0.3, 0.4) is 0 Å². The van der Waals surface area contributed by atoms with E-state index in [-0.39, 0.29) is 17.6 Å². The van der Waals surface area contributed by atoms with Crippen molar-refractivity contribution >= 4 is 5.91 Å². The van der Waals surface area contributed by atoms with E-state index in [1.807, 2.05) is 17.0 Å². The third kappa shape index (κ3) is 3.24. The maximum Gasteiger partial charge on any atom is 0.227 e. The highest BCUT2D eigenvalue weighted by molar-refractivity contribution is 5.78. The van der Waals surface area contributed by atoms with Crippen molar-refractivity contribution < 1.29 is 14.3 Å². The highest BCUT2D eigenvalue weighted by Gasteiger charge is 2.43. The van der Waals surface area contributed by atoms with Crippen molar-refractivity contribution in [1.82, 2.24) is 9.88 Å². The van der Waals surface area contributed by atoms with Gasteiger partial charge < -0.3 is 14.4 Å². The van der Waals surface area contributed by atoms with Crippen molar-refractivity contribution in [3.8, 4) is 0 Å². The number of rotatable bonds is 3. The summed E-state index contributed by atoms with van der Waals surface area (Å²) in [6.45, 7) is 2.23. The summed E-state index contributed by atoms with van der Waals surface area (Å²) in [5.74, 6) is 0.180. The summed E-state index contributed by atoms with van der Waals surface area (Å²) in [6, 6.07) is 3.81. The Hall–Kier alpha value is -1.46. The quantitative estimate of drug-likeness (QED) is 0.845. The number of ether oxygens (including phenoxy) is 2. The van der Waals surface area contributed by atoms with Gasteiger partial charge in [-0.1, -0.05) is 6.07 Å². The predicted molar refractivity (Wildman–Crippen MR) is 77.9 cm³/mol. The van der Waals surface area contributed by atoms with Crippen LogP contribution in [0.15, 0.2) is 24.5 Å². The Kier molecular flexibility index (Phi) is 4.22. The number of likely N-dealkylation sites (tertiary alicyclic amines) is 1. The summed E-state index contributed by atoms with van der Waals surface area (Å²) in [6.07, 6.45) is 6.89. The fraction of sp³-hybridized carbons (Fsp3) is 0.625. The minimum Gasteiger partial charge on any atom is -0.379 e. The number of piperidine rings is 1. The van der Waals surface area contributed by atoms with Gasteiger partial charge in [0, 0.05) is 39.0 Å². The number of pyridine rings is 1. The van der Waals surface area contributed by atoms with E-state index in [9.17, 15) is 4.79 Å². The first-order valence-corrected chi connectivity index (χ1v) is 7.54. The van der Waals surface area contributed by atoms with Gasteiger partial charge in [0.25, 0.3) is 0 Å². The van der Waals surface area contributed by atoms with E-state index in [4.69, 9.17) is 9.47 Å². The molecule has 1 aromatic rings. The molecule has 1 unspecified atom stereocenters. The van der Waals surface area contributed by atoms with Gasteiger partial charge in [-0.25, -0.2) is 0 Å². The SMILES string of the molecule is COC1COC2(CCN(C(=O)Cc3cccnc3)CC2)C1. The molecule has 2 aliphatic rings. The molecule has 0 aliphatic carbocycles. The molecule has 0 saturated carbocycles. The van der Waals surface area contributed by atoms with E-state index >= 15 is 0 Å². The van der Waals surface area contributed by atoms with Crippen LogP contribution in [0.2, 0.25) is 0 Å². The fourth-order valence-electron chi connectivity index (χ4n) is 3.26. The zero-order valence-electron chi connectivity index (χ0n) is 12.5. The number of carbonyl (C=O) groups excluding carboxylic acids is 1. The van der Waals surface area contributed by atoms with Gasteiger partial charge in [0.15, 0.2) is 0 Å². The first-order chi connectivity index (χ1) is 10.2. The maximum atomic E-state index is 12.3. The highest BCUT2D eigenvalue weighted by atomic mass is 16.6. The molecule has 1 atom stereocenters. The number of nitrogens with zero attached hydrogens (tertiary/aromatic N) is 2. The van der Waals surface area contributed by atoms with Crippen LogP contribution in [0, 0.1) is 0 Å². The Bertz CT molecular complexity index is 484. The van der Waals surface area contributed by atoms with E-state index in [1.165, 1.54) is 0 Å². The Labute approximate surface area is 125 Å². The topological polar surface area (TPSA) is 51.7 Å². The molecule has 1 amide bonds. The maximum absolute atomic E-state index is 12.3. The number of amides is 1. The van der Waals surface area contributed by atoms with E-state index in [0.717, 1.165) is 37.9 Å². The fourth-order valence-corrected chi connectivity index (χ4v) is 3.26. The van der Waals surface area contributed by atoms with E-state index in [2.05, 4.69) is 4.98 Å². The molecule has 0 radical (unpaired) electrons. The molecular weight excluding hydrogens is 268 g/mol. The van der Waals surface area contributed by atoms with Crippen molar-refractivity contribution in [2.75, 3.05) is 26.8 Å². The van der Waals surface area contributed by atoms with Crippen molar-refractivity contribution in [3.63, 3.8) is 0 Å². The molecule has 3 heterocycles. The molecule has 21 heavy (non-hydrogen) atoms. The number of hydrogen-bond acceptors (Lipinski definition) is 4. The number of hydrogen-bond donors (Lipinski definition) is 0. The third-order valence-corrected chi connectivity index (χ3v) is 4.61. The van der Waals surface area contributed by atoms with Gasteiger partial charge in [0.1, 0.15) is 0 Å². The van der Waals surface area contributed by atoms with Crippen LogP contribution >= 0.6 is 0 Å². The van der Waals surface area contributed by atoms with Crippen molar-refractivity contribution in [2.24, 2.45) is 0 Å². The summed E-state index contributed by atoms with van der Waals surface area (Å²) < 4.78 is 11.3. The van der Waals surface area contributed by atoms with Gasteiger partial charge in [-0.3, -0.25) is 9.78 Å². The Morgan fingerprint density at radius 3 is 2.95 bits per heavy atom. The lowest BCUT2D eigenvalue weighted by atomic mass is 9.88. The van der Waals surface area contributed by atoms with Crippen LogP contribution in [0.25, 0.3) is 0 Å². The summed E-state index contributed by atoms with van der Waals surface area (Å²) >= 11 is 0. The Morgan fingerprint density at radius 1 is 1.52 bits per heavy atom. The van der Waals surface area contributed by atoms with Gasteiger partial charge in [0.05, 0.1) is 24.7 Å². The van der Waals surface area contributed by atoms with Crippen LogP contribution in [0.4, 0.5) is 0 Å². The number of aromatic nitrogens is 1. The molecular formula is C16H22N2O3. The molecule has 0 bridgehead atoms. The monoisotopic (exact) mass is 290 g/mol. The summed E-state index contributed by atoms with van der Waals surface area (Å²) in [5, 5.41) is 0. The van der Waals surface area contributed by atoms with Crippen LogP contribution in [0.1, 0.15) is 24.8 Å². The van der Waals surface area contributed by atoms with Crippen molar-refractivity contribution in [3.05, 3.63) is 30.1 Å². The van der Waals surface area contributed by atoms with Crippen molar-refractivity contribution in [1.29, 1.82) is 0 Å². The van der Waals surface area contributed by atoms with Gasteiger partial charge in [0.2, 0.25) is 5.91 Å². The van der Waals surface area contributed by atoms with Crippen molar-refractivity contribution in [2.45, 2.75) is 37.4 Å². The molecule has 2 fully saturated rings. The normalized spacial score (nSPS) is 24.4. The minimum absolute atomic E-state index is 0.0637. The van der Waals surface area contributed by atoms with Gasteiger partial charge >= 0.3 is 0 Å². The second-order valence-electron chi connectivity index (χ2n) is 5.97. The minimum atomic E-state index is -0.0637. The van der Waals surface area contributed by atoms with Crippen LogP contribution in [-0.4, -0.2) is 54.3 Å². The Balaban J connectivity index is 1.53. The van der Waals surface area contributed by atoms with E-state index < -0.39 is 0 Å². The van der Waals surface area contributed by atoms with Crippen LogP contribution in [-0.2, 0) is 20.7 Å². The van der Waals surface area contributed by atoms with Gasteiger partial charge in [-0.05, 0) is 24.5 Å². The average Bonchev–Trinajstić information content (AvgIpc) is 2.92. The van der Waals surface area contributed by atoms with Gasteiger partial charge in [-0.2, -0.15) is 0 Å². The van der Waals surface area contributed by atoms with E-state index in [1.54, 1.807) is 19.5 Å². The number of methoxy groups -OCH3 is 1. The largest absolute Gasteiger partial charge is 0.379 e. The molecule has 2 aliphatic heterocycles. The Morgan fingerprint density at radius 2 is 2.33 bits per heavy atom. The van der Waals surface area contributed by atoms with E-state index in [0.29, 0.717) is 13.0 Å². The summed E-state index contributed by atoms with van der Waals surface area (Å²) in [7, 11) is 1.74. The third-order valence-electron chi connectivity index (χ3n) is 4.61. The lowest BCUT2D eigenvalue weighted by molar-refractivity contribution is -0.135. The second-order valence-corrected chi connectivity index (χ2v) is 5.97. The summed E-state index contributed by atoms with van der Waals surface area (Å²) in [4.78, 5) is 18.3. The standard InChI is InChI=1S/C16H22N2O3/c1-20-14-10-16(21-12-14)4-7-18(8-5-16)15(19)9-13-3-2-6-17-11-13/h2-3,6,11,14H,4-5,7-10,12H2,1H3. The highest BCUT2D eigenvalue weighted by Crippen LogP contribution is 2.36. The predicted octanol–water partition coefficient (Wildman–Crippen LogP) is 1.42. The molecule has 3 rings (SSSR count). The van der Waals surface area contributed by atoms with Crippen LogP contribution < -0.4 is 0 Å². The molecule has 5 heteroatoms. The zero-order chi connectivity index (χ0) is 14.7. The lowest BCUT2D eigenvalue weighted by Gasteiger charge is -2.38.